The molecular formula is C19H15F4N3. The first-order valence-electron chi connectivity index (χ1n) is 8.00. The maximum atomic E-state index is 13.8. The number of para-hydroxylation sites is 1. The lowest BCUT2D eigenvalue weighted by Gasteiger charge is -2.27. The van der Waals surface area contributed by atoms with Crippen molar-refractivity contribution in [2.24, 2.45) is 12.0 Å². The Bertz CT molecular complexity index is 1050. The summed E-state index contributed by atoms with van der Waals surface area (Å²) in [4.78, 5) is 6.16. The van der Waals surface area contributed by atoms with Gasteiger partial charge < -0.3 is 9.47 Å². The molecule has 0 unspecified atom stereocenters. The highest BCUT2D eigenvalue weighted by molar-refractivity contribution is 6.16. The molecule has 2 aromatic carbocycles. The molecule has 0 spiro atoms. The van der Waals surface area contributed by atoms with Gasteiger partial charge in [-0.1, -0.05) is 18.2 Å². The van der Waals surface area contributed by atoms with Crippen molar-refractivity contribution < 1.29 is 17.6 Å². The number of aromatic nitrogens is 1. The number of rotatable bonds is 1. The predicted octanol–water partition coefficient (Wildman–Crippen LogP) is 4.91. The summed E-state index contributed by atoms with van der Waals surface area (Å²) in [5.74, 6) is -0.476. The normalized spacial score (nSPS) is 14.5. The summed E-state index contributed by atoms with van der Waals surface area (Å²) in [5, 5.41) is 0.481. The van der Waals surface area contributed by atoms with E-state index in [4.69, 9.17) is 0 Å². The van der Waals surface area contributed by atoms with Gasteiger partial charge in [-0.25, -0.2) is 9.38 Å². The van der Waals surface area contributed by atoms with Crippen LogP contribution in [0.3, 0.4) is 0 Å². The van der Waals surface area contributed by atoms with Gasteiger partial charge in [0.05, 0.1) is 23.6 Å². The molecule has 0 radical (unpaired) electrons. The van der Waals surface area contributed by atoms with Crippen molar-refractivity contribution in [3.8, 4) is 0 Å². The van der Waals surface area contributed by atoms with Crippen molar-refractivity contribution in [3.63, 3.8) is 0 Å². The van der Waals surface area contributed by atoms with E-state index in [1.54, 1.807) is 42.3 Å². The van der Waals surface area contributed by atoms with Crippen LogP contribution in [0.1, 0.15) is 11.3 Å². The number of nitrogens with zero attached hydrogens (tertiary/aromatic N) is 3. The summed E-state index contributed by atoms with van der Waals surface area (Å²) in [6.45, 7) is 0.204. The van der Waals surface area contributed by atoms with Gasteiger partial charge in [0.15, 0.2) is 0 Å². The molecule has 3 nitrogen and oxygen atoms in total. The van der Waals surface area contributed by atoms with E-state index >= 15 is 0 Å². The van der Waals surface area contributed by atoms with Gasteiger partial charge in [0.1, 0.15) is 11.5 Å². The molecule has 0 aliphatic carbocycles. The third-order valence-corrected chi connectivity index (χ3v) is 4.66. The van der Waals surface area contributed by atoms with Crippen molar-refractivity contribution in [1.29, 1.82) is 0 Å². The third kappa shape index (κ3) is 2.46. The lowest BCUT2D eigenvalue weighted by molar-refractivity contribution is -0.142. The number of alkyl halides is 3. The molecule has 1 aromatic heterocycles. The van der Waals surface area contributed by atoms with Gasteiger partial charge in [-0.2, -0.15) is 13.2 Å². The zero-order valence-electron chi connectivity index (χ0n) is 14.1. The summed E-state index contributed by atoms with van der Waals surface area (Å²) in [6, 6.07) is 10.8. The second kappa shape index (κ2) is 5.59. The highest BCUT2D eigenvalue weighted by Crippen LogP contribution is 2.40. The molecule has 0 saturated heterocycles. The van der Waals surface area contributed by atoms with E-state index in [1.807, 2.05) is 0 Å². The Hall–Kier alpha value is -2.83. The van der Waals surface area contributed by atoms with Crippen molar-refractivity contribution in [2.75, 3.05) is 18.5 Å². The van der Waals surface area contributed by atoms with Crippen LogP contribution in [0.2, 0.25) is 0 Å². The highest BCUT2D eigenvalue weighted by Gasteiger charge is 2.40. The predicted molar refractivity (Wildman–Crippen MR) is 93.8 cm³/mol. The number of likely N-dealkylation sites (N-methyl/N-ethyl adjacent to an activating group) is 1. The Morgan fingerprint density at radius 1 is 1.04 bits per heavy atom. The molecule has 0 amide bonds. The van der Waals surface area contributed by atoms with Crippen molar-refractivity contribution in [1.82, 2.24) is 4.57 Å². The maximum Gasteiger partial charge on any atom is 0.432 e. The van der Waals surface area contributed by atoms with Crippen LogP contribution in [-0.2, 0) is 13.2 Å². The van der Waals surface area contributed by atoms with Gasteiger partial charge in [0, 0.05) is 36.6 Å². The summed E-state index contributed by atoms with van der Waals surface area (Å²) in [7, 11) is 3.15. The molecule has 4 rings (SSSR count). The summed E-state index contributed by atoms with van der Waals surface area (Å²) in [5.41, 5.74) is 1.07. The Morgan fingerprint density at radius 3 is 2.50 bits per heavy atom. The van der Waals surface area contributed by atoms with Crippen LogP contribution in [0.15, 0.2) is 47.5 Å². The zero-order valence-corrected chi connectivity index (χ0v) is 14.1. The molecule has 134 valence electrons. The summed E-state index contributed by atoms with van der Waals surface area (Å²) in [6.07, 6.45) is -4.54. The van der Waals surface area contributed by atoms with Gasteiger partial charge >= 0.3 is 6.18 Å². The summed E-state index contributed by atoms with van der Waals surface area (Å²) < 4.78 is 56.2. The first kappa shape index (κ1) is 16.6. The summed E-state index contributed by atoms with van der Waals surface area (Å²) >= 11 is 0. The molecule has 26 heavy (non-hydrogen) atoms. The Balaban J connectivity index is 2.03. The van der Waals surface area contributed by atoms with E-state index < -0.39 is 17.7 Å². The van der Waals surface area contributed by atoms with Crippen molar-refractivity contribution in [2.45, 2.75) is 6.18 Å². The Labute approximate surface area is 147 Å². The van der Waals surface area contributed by atoms with E-state index in [2.05, 4.69) is 4.99 Å². The van der Waals surface area contributed by atoms with Gasteiger partial charge in [-0.15, -0.1) is 0 Å². The lowest BCUT2D eigenvalue weighted by Crippen LogP contribution is -2.30. The molecule has 1 aliphatic heterocycles. The fraction of sp³-hybridized carbons (Fsp3) is 0.211. The standard InChI is InChI=1S/C19H15F4N3/c1-25-10-14(24-13-9-11(20)7-8-16(13)25)17-12-5-3-4-6-15(12)26(2)18(17)19(21,22)23/h3-9H,10H2,1-2H3. The monoisotopic (exact) mass is 361 g/mol. The molecule has 7 heteroatoms. The highest BCUT2D eigenvalue weighted by atomic mass is 19.4. The molecule has 0 saturated carbocycles. The minimum atomic E-state index is -4.54. The number of anilines is 1. The quantitative estimate of drug-likeness (QED) is 0.564. The van der Waals surface area contributed by atoms with Crippen LogP contribution in [0, 0.1) is 5.82 Å². The average Bonchev–Trinajstić information content (AvgIpc) is 2.88. The van der Waals surface area contributed by atoms with E-state index in [0.717, 1.165) is 4.57 Å². The second-order valence-corrected chi connectivity index (χ2v) is 6.35. The fourth-order valence-electron chi connectivity index (χ4n) is 3.55. The first-order chi connectivity index (χ1) is 12.3. The number of fused-ring (bicyclic) bond motifs is 2. The lowest BCUT2D eigenvalue weighted by atomic mass is 10.0. The van der Waals surface area contributed by atoms with E-state index in [0.29, 0.717) is 22.3 Å². The van der Waals surface area contributed by atoms with E-state index in [9.17, 15) is 17.6 Å². The Kier molecular flexibility index (Phi) is 3.57. The van der Waals surface area contributed by atoms with E-state index in [-0.39, 0.29) is 17.8 Å². The topological polar surface area (TPSA) is 20.5 Å². The van der Waals surface area contributed by atoms with Crippen LogP contribution in [0.25, 0.3) is 10.9 Å². The van der Waals surface area contributed by atoms with Crippen LogP contribution in [0.4, 0.5) is 28.9 Å². The molecule has 0 fully saturated rings. The number of benzene rings is 2. The van der Waals surface area contributed by atoms with Crippen molar-refractivity contribution >= 4 is 28.0 Å². The maximum absolute atomic E-state index is 13.8. The minimum Gasteiger partial charge on any atom is -0.367 e. The zero-order chi connectivity index (χ0) is 18.6. The smallest absolute Gasteiger partial charge is 0.367 e. The van der Waals surface area contributed by atoms with E-state index in [1.165, 1.54) is 19.2 Å². The number of halogens is 4. The van der Waals surface area contributed by atoms with Gasteiger partial charge in [-0.05, 0) is 18.2 Å². The number of hydrogen-bond acceptors (Lipinski definition) is 2. The van der Waals surface area contributed by atoms with Crippen LogP contribution < -0.4 is 4.90 Å². The largest absolute Gasteiger partial charge is 0.432 e. The second-order valence-electron chi connectivity index (χ2n) is 6.35. The van der Waals surface area contributed by atoms with Crippen LogP contribution in [0.5, 0.6) is 0 Å². The fourth-order valence-corrected chi connectivity index (χ4v) is 3.55. The third-order valence-electron chi connectivity index (χ3n) is 4.66. The minimum absolute atomic E-state index is 0.0531. The first-order valence-corrected chi connectivity index (χ1v) is 8.00. The van der Waals surface area contributed by atoms with Crippen LogP contribution in [-0.4, -0.2) is 23.9 Å². The molecular weight excluding hydrogens is 346 g/mol. The number of hydrogen-bond donors (Lipinski definition) is 0. The molecule has 1 aliphatic rings. The van der Waals surface area contributed by atoms with Gasteiger partial charge in [0.25, 0.3) is 0 Å². The Morgan fingerprint density at radius 2 is 1.77 bits per heavy atom. The molecule has 3 aromatic rings. The van der Waals surface area contributed by atoms with Crippen LogP contribution >= 0.6 is 0 Å². The molecule has 0 atom stereocenters. The number of aryl methyl sites for hydroxylation is 1. The average molecular weight is 361 g/mol. The van der Waals surface area contributed by atoms with Gasteiger partial charge in [-0.3, -0.25) is 0 Å². The molecule has 0 bridgehead atoms. The SMILES string of the molecule is CN1CC(c2c(C(F)(F)F)n(C)c3ccccc23)=Nc2cc(F)ccc21. The number of aliphatic imine (C=N–C) groups is 1. The molecule has 2 heterocycles. The van der Waals surface area contributed by atoms with Crippen molar-refractivity contribution in [3.05, 3.63) is 59.5 Å². The molecule has 0 N–H and O–H groups in total. The van der Waals surface area contributed by atoms with Gasteiger partial charge in [0.2, 0.25) is 0 Å².